The van der Waals surface area contributed by atoms with Crippen LogP contribution < -0.4 is 11.1 Å². The van der Waals surface area contributed by atoms with Crippen LogP contribution in [0.3, 0.4) is 0 Å². The molecule has 0 radical (unpaired) electrons. The lowest BCUT2D eigenvalue weighted by Crippen LogP contribution is -2.23. The quantitative estimate of drug-likeness (QED) is 0.556. The van der Waals surface area contributed by atoms with E-state index in [1.54, 1.807) is 0 Å². The number of carbonyl (C=O) groups is 2. The molecule has 0 saturated heterocycles. The Balaban J connectivity index is 0.00000112. The Morgan fingerprint density at radius 2 is 1.77 bits per heavy atom. The predicted octanol–water partition coefficient (Wildman–Crippen LogP) is 5.42. The standard InChI is InChI=1S/C25H26N2O2.CH5N/c28-16-18-14-13-17(15-21(18)26-19-7-2-1-3-8-19)25-20-9-4-5-10-22(20)27-23(25)11-6-12-24(27)29;1-2/h4-5,9-10,13-16,19,26H,1-3,6-8,11-12H2;2H2,1H3. The number of rotatable bonds is 4. The average Bonchev–Trinajstić information content (AvgIpc) is 3.16. The third-order valence-electron chi connectivity index (χ3n) is 6.46. The van der Waals surface area contributed by atoms with Gasteiger partial charge in [-0.05, 0) is 56.5 Å². The van der Waals surface area contributed by atoms with E-state index in [-0.39, 0.29) is 5.91 Å². The minimum absolute atomic E-state index is 0.179. The number of carbonyl (C=O) groups excluding carboxylic acids is 2. The predicted molar refractivity (Wildman–Crippen MR) is 127 cm³/mol. The van der Waals surface area contributed by atoms with Gasteiger partial charge in [-0.15, -0.1) is 0 Å². The molecule has 1 fully saturated rings. The molecule has 0 bridgehead atoms. The molecule has 5 rings (SSSR count). The van der Waals surface area contributed by atoms with Gasteiger partial charge in [-0.2, -0.15) is 0 Å². The molecule has 0 unspecified atom stereocenters. The molecule has 1 aliphatic heterocycles. The van der Waals surface area contributed by atoms with Crippen molar-refractivity contribution in [3.63, 3.8) is 0 Å². The lowest BCUT2D eigenvalue weighted by Gasteiger charge is -2.25. The van der Waals surface area contributed by atoms with Crippen molar-refractivity contribution in [2.45, 2.75) is 57.4 Å². The number of aromatic nitrogens is 1. The van der Waals surface area contributed by atoms with Gasteiger partial charge in [0.2, 0.25) is 5.91 Å². The second-order valence-corrected chi connectivity index (χ2v) is 8.32. The highest BCUT2D eigenvalue weighted by Gasteiger charge is 2.25. The van der Waals surface area contributed by atoms with Gasteiger partial charge in [-0.25, -0.2) is 0 Å². The van der Waals surface area contributed by atoms with Crippen molar-refractivity contribution in [3.05, 3.63) is 53.7 Å². The van der Waals surface area contributed by atoms with Gasteiger partial charge in [0.1, 0.15) is 0 Å². The van der Waals surface area contributed by atoms with Crippen LogP contribution in [0.5, 0.6) is 0 Å². The van der Waals surface area contributed by atoms with Crippen LogP contribution in [0.1, 0.15) is 65.8 Å². The van der Waals surface area contributed by atoms with Crippen molar-refractivity contribution in [1.29, 1.82) is 0 Å². The number of fused-ring (bicyclic) bond motifs is 3. The summed E-state index contributed by atoms with van der Waals surface area (Å²) in [7, 11) is 1.50. The number of nitrogens with one attached hydrogen (secondary N) is 1. The summed E-state index contributed by atoms with van der Waals surface area (Å²) < 4.78 is 1.91. The van der Waals surface area contributed by atoms with Gasteiger partial charge in [-0.3, -0.25) is 14.2 Å². The molecule has 0 atom stereocenters. The van der Waals surface area contributed by atoms with Crippen LogP contribution in [-0.2, 0) is 6.42 Å². The van der Waals surface area contributed by atoms with Crippen LogP contribution in [-0.4, -0.2) is 29.8 Å². The molecule has 1 saturated carbocycles. The summed E-state index contributed by atoms with van der Waals surface area (Å²) in [6, 6.07) is 14.6. The summed E-state index contributed by atoms with van der Waals surface area (Å²) in [6.07, 6.45) is 9.42. The molecule has 1 aliphatic carbocycles. The molecule has 2 aliphatic rings. The van der Waals surface area contributed by atoms with E-state index >= 15 is 0 Å². The van der Waals surface area contributed by atoms with Gasteiger partial charge in [0.15, 0.2) is 6.29 Å². The van der Waals surface area contributed by atoms with E-state index in [1.807, 2.05) is 34.9 Å². The lowest BCUT2D eigenvalue weighted by atomic mass is 9.94. The van der Waals surface area contributed by atoms with E-state index in [2.05, 4.69) is 23.2 Å². The van der Waals surface area contributed by atoms with Crippen LogP contribution in [0.4, 0.5) is 5.69 Å². The topological polar surface area (TPSA) is 77.1 Å². The highest BCUT2D eigenvalue weighted by molar-refractivity contribution is 6.05. The molecule has 5 heteroatoms. The second-order valence-electron chi connectivity index (χ2n) is 8.32. The van der Waals surface area contributed by atoms with Gasteiger partial charge >= 0.3 is 0 Å². The van der Waals surface area contributed by atoms with E-state index < -0.39 is 0 Å². The highest BCUT2D eigenvalue weighted by atomic mass is 16.2. The fourth-order valence-corrected chi connectivity index (χ4v) is 5.06. The molecule has 1 aromatic heterocycles. The monoisotopic (exact) mass is 417 g/mol. The summed E-state index contributed by atoms with van der Waals surface area (Å²) in [4.78, 5) is 24.3. The fourth-order valence-electron chi connectivity index (χ4n) is 5.06. The molecule has 0 spiro atoms. The van der Waals surface area contributed by atoms with Crippen LogP contribution in [0.2, 0.25) is 0 Å². The third-order valence-corrected chi connectivity index (χ3v) is 6.46. The number of hydrogen-bond acceptors (Lipinski definition) is 4. The van der Waals surface area contributed by atoms with Crippen LogP contribution in [0.25, 0.3) is 22.0 Å². The van der Waals surface area contributed by atoms with E-state index in [0.717, 1.165) is 65.4 Å². The summed E-state index contributed by atoms with van der Waals surface area (Å²) >= 11 is 0. The van der Waals surface area contributed by atoms with Gasteiger partial charge in [0.25, 0.3) is 0 Å². The van der Waals surface area contributed by atoms with Crippen LogP contribution in [0, 0.1) is 0 Å². The Hall–Kier alpha value is -2.92. The van der Waals surface area contributed by atoms with E-state index in [4.69, 9.17) is 0 Å². The third kappa shape index (κ3) is 4.02. The normalized spacial score (nSPS) is 16.4. The number of benzene rings is 2. The van der Waals surface area contributed by atoms with E-state index in [9.17, 15) is 9.59 Å². The Morgan fingerprint density at radius 3 is 2.55 bits per heavy atom. The van der Waals surface area contributed by atoms with Crippen molar-refractivity contribution in [1.82, 2.24) is 4.57 Å². The first kappa shape index (κ1) is 21.3. The lowest BCUT2D eigenvalue weighted by molar-refractivity contribution is 0.0889. The number of hydrogen-bond donors (Lipinski definition) is 2. The largest absolute Gasteiger partial charge is 0.382 e. The molecule has 3 N–H and O–H groups in total. The van der Waals surface area contributed by atoms with Crippen molar-refractivity contribution in [3.8, 4) is 11.1 Å². The van der Waals surface area contributed by atoms with Crippen molar-refractivity contribution in [2.24, 2.45) is 5.73 Å². The Bertz CT molecular complexity index is 1090. The number of nitrogens with two attached hydrogens (primary N) is 1. The summed E-state index contributed by atoms with van der Waals surface area (Å²) in [6.45, 7) is 0. The molecule has 2 aromatic carbocycles. The van der Waals surface area contributed by atoms with Gasteiger partial charge < -0.3 is 11.1 Å². The molecule has 162 valence electrons. The SMILES string of the molecule is CN.O=Cc1ccc(-c2c3n(c4ccccc24)C(=O)CCC3)cc1NC1CCCCC1. The highest BCUT2D eigenvalue weighted by Crippen LogP contribution is 2.39. The molecule has 3 aromatic rings. The fraction of sp³-hybridized carbons (Fsp3) is 0.385. The van der Waals surface area contributed by atoms with Crippen molar-refractivity contribution in [2.75, 3.05) is 12.4 Å². The zero-order valence-corrected chi connectivity index (χ0v) is 18.2. The maximum Gasteiger partial charge on any atom is 0.231 e. The first-order valence-corrected chi connectivity index (χ1v) is 11.4. The Labute approximate surface area is 183 Å². The second kappa shape index (κ2) is 9.48. The van der Waals surface area contributed by atoms with E-state index in [1.165, 1.54) is 26.3 Å². The zero-order valence-electron chi connectivity index (χ0n) is 18.2. The minimum atomic E-state index is 0.179. The Morgan fingerprint density at radius 1 is 1.00 bits per heavy atom. The number of nitrogens with zero attached hydrogens (tertiary/aromatic N) is 1. The summed E-state index contributed by atoms with van der Waals surface area (Å²) in [5.41, 5.74) is 10.4. The van der Waals surface area contributed by atoms with Gasteiger partial charge in [0.05, 0.1) is 5.52 Å². The zero-order chi connectivity index (χ0) is 21.8. The molecule has 31 heavy (non-hydrogen) atoms. The maximum absolute atomic E-state index is 12.7. The first-order valence-electron chi connectivity index (χ1n) is 11.4. The first-order chi connectivity index (χ1) is 15.3. The van der Waals surface area contributed by atoms with Gasteiger partial charge in [0, 0.05) is 40.4 Å². The molecular formula is C26H31N3O2. The Kier molecular flexibility index (Phi) is 6.52. The van der Waals surface area contributed by atoms with Crippen molar-refractivity contribution < 1.29 is 9.59 Å². The average molecular weight is 418 g/mol. The summed E-state index contributed by atoms with van der Waals surface area (Å²) in [5, 5.41) is 4.75. The van der Waals surface area contributed by atoms with Crippen LogP contribution >= 0.6 is 0 Å². The summed E-state index contributed by atoms with van der Waals surface area (Å²) in [5.74, 6) is 0.179. The van der Waals surface area contributed by atoms with Gasteiger partial charge in [-0.1, -0.05) is 43.5 Å². The molecule has 2 heterocycles. The molecule has 5 nitrogen and oxygen atoms in total. The minimum Gasteiger partial charge on any atom is -0.382 e. The van der Waals surface area contributed by atoms with E-state index in [0.29, 0.717) is 18.0 Å². The smallest absolute Gasteiger partial charge is 0.231 e. The number of aldehydes is 1. The molecule has 0 amide bonds. The molecular weight excluding hydrogens is 386 g/mol. The number of anilines is 1. The van der Waals surface area contributed by atoms with Crippen LogP contribution in [0.15, 0.2) is 42.5 Å². The maximum atomic E-state index is 12.7. The number of para-hydroxylation sites is 1. The van der Waals surface area contributed by atoms with Crippen molar-refractivity contribution >= 4 is 28.8 Å².